The summed E-state index contributed by atoms with van der Waals surface area (Å²) in [6, 6.07) is 28.8. The van der Waals surface area contributed by atoms with Crippen LogP contribution in [-0.4, -0.2) is 4.98 Å². The van der Waals surface area contributed by atoms with Gasteiger partial charge in [0.05, 0.1) is 5.69 Å². The predicted molar refractivity (Wildman–Crippen MR) is 115 cm³/mol. The molecule has 2 nitrogen and oxygen atoms in total. The summed E-state index contributed by atoms with van der Waals surface area (Å²) in [5.41, 5.74) is 3.56. The van der Waals surface area contributed by atoms with Crippen molar-refractivity contribution in [1.29, 1.82) is 0 Å². The van der Waals surface area contributed by atoms with Crippen molar-refractivity contribution in [1.82, 2.24) is 4.98 Å². The number of thiazole rings is 1. The molecule has 0 saturated heterocycles. The summed E-state index contributed by atoms with van der Waals surface area (Å²) in [6.07, 6.45) is 0. The number of aromatic nitrogens is 1. The zero-order chi connectivity index (χ0) is 18.7. The highest BCUT2D eigenvalue weighted by Gasteiger charge is 2.38. The van der Waals surface area contributed by atoms with Crippen LogP contribution in [-0.2, 0) is 5.54 Å². The molecule has 0 saturated carbocycles. The zero-order valence-electron chi connectivity index (χ0n) is 14.9. The Balaban J connectivity index is 2.04. The van der Waals surface area contributed by atoms with Gasteiger partial charge in [0.25, 0.3) is 0 Å². The average molecular weight is 391 g/mol. The van der Waals surface area contributed by atoms with E-state index in [1.807, 2.05) is 37.3 Å². The van der Waals surface area contributed by atoms with Crippen molar-refractivity contribution in [2.75, 3.05) is 5.32 Å². The fraction of sp³-hybridized carbons (Fsp3) is 0.0870. The normalized spacial score (nSPS) is 11.3. The van der Waals surface area contributed by atoms with E-state index >= 15 is 0 Å². The molecule has 0 unspecified atom stereocenters. The van der Waals surface area contributed by atoms with Crippen molar-refractivity contribution in [2.24, 2.45) is 0 Å². The molecule has 0 spiro atoms. The number of aryl methyl sites for hydroxylation is 1. The maximum atomic E-state index is 6.72. The summed E-state index contributed by atoms with van der Waals surface area (Å²) in [4.78, 5) is 4.67. The van der Waals surface area contributed by atoms with E-state index in [9.17, 15) is 0 Å². The first-order valence-corrected chi connectivity index (χ1v) is 10.0. The number of halogens is 1. The molecule has 27 heavy (non-hydrogen) atoms. The third kappa shape index (κ3) is 3.36. The lowest BCUT2D eigenvalue weighted by atomic mass is 9.77. The van der Waals surface area contributed by atoms with Crippen LogP contribution in [0, 0.1) is 6.92 Å². The van der Waals surface area contributed by atoms with E-state index < -0.39 is 5.54 Å². The van der Waals surface area contributed by atoms with Crippen LogP contribution in [0.25, 0.3) is 0 Å². The van der Waals surface area contributed by atoms with Gasteiger partial charge in [-0.3, -0.25) is 0 Å². The predicted octanol–water partition coefficient (Wildman–Crippen LogP) is 6.51. The van der Waals surface area contributed by atoms with E-state index in [0.29, 0.717) is 5.02 Å². The largest absolute Gasteiger partial charge is 0.344 e. The van der Waals surface area contributed by atoms with Gasteiger partial charge in [-0.2, -0.15) is 0 Å². The third-order valence-electron chi connectivity index (χ3n) is 4.60. The number of rotatable bonds is 5. The molecular formula is C23H19ClN2S. The lowest BCUT2D eigenvalue weighted by Crippen LogP contribution is -2.38. The number of hydrogen-bond donors (Lipinski definition) is 1. The fourth-order valence-electron chi connectivity index (χ4n) is 3.40. The zero-order valence-corrected chi connectivity index (χ0v) is 16.5. The molecule has 1 aromatic heterocycles. The number of anilines is 1. The van der Waals surface area contributed by atoms with Crippen LogP contribution in [0.5, 0.6) is 0 Å². The molecule has 0 aliphatic rings. The van der Waals surface area contributed by atoms with Crippen LogP contribution >= 0.6 is 22.9 Å². The van der Waals surface area contributed by atoms with Gasteiger partial charge in [0.1, 0.15) is 5.54 Å². The average Bonchev–Trinajstić information content (AvgIpc) is 3.13. The van der Waals surface area contributed by atoms with Crippen LogP contribution in [0.3, 0.4) is 0 Å². The molecule has 4 heteroatoms. The third-order valence-corrected chi connectivity index (χ3v) is 5.81. The molecule has 4 rings (SSSR count). The first-order valence-electron chi connectivity index (χ1n) is 8.76. The van der Waals surface area contributed by atoms with E-state index in [2.05, 4.69) is 70.3 Å². The smallest absolute Gasteiger partial charge is 0.184 e. The second kappa shape index (κ2) is 7.55. The highest BCUT2D eigenvalue weighted by atomic mass is 35.5. The molecule has 4 aromatic rings. The van der Waals surface area contributed by atoms with Gasteiger partial charge in [0.15, 0.2) is 5.13 Å². The Labute approximate surface area is 168 Å². The first-order chi connectivity index (χ1) is 13.2. The Morgan fingerprint density at radius 2 is 1.37 bits per heavy atom. The highest BCUT2D eigenvalue weighted by Crippen LogP contribution is 2.43. The number of hydrogen-bond acceptors (Lipinski definition) is 3. The van der Waals surface area contributed by atoms with Gasteiger partial charge in [-0.05, 0) is 24.1 Å². The van der Waals surface area contributed by atoms with E-state index in [0.717, 1.165) is 27.5 Å². The number of benzene rings is 3. The summed E-state index contributed by atoms with van der Waals surface area (Å²) >= 11 is 8.32. The SMILES string of the molecule is Cc1csc(NC(c2ccccc2)(c2ccccc2)c2ccccc2Cl)n1. The topological polar surface area (TPSA) is 24.9 Å². The maximum Gasteiger partial charge on any atom is 0.184 e. The van der Waals surface area contributed by atoms with Crippen LogP contribution in [0.15, 0.2) is 90.3 Å². The summed E-state index contributed by atoms with van der Waals surface area (Å²) < 4.78 is 0. The highest BCUT2D eigenvalue weighted by molar-refractivity contribution is 7.13. The lowest BCUT2D eigenvalue weighted by Gasteiger charge is -2.37. The van der Waals surface area contributed by atoms with Crippen molar-refractivity contribution >= 4 is 28.1 Å². The molecule has 3 aromatic carbocycles. The Bertz CT molecular complexity index is 989. The fourth-order valence-corrected chi connectivity index (χ4v) is 4.42. The minimum Gasteiger partial charge on any atom is -0.344 e. The van der Waals surface area contributed by atoms with Crippen molar-refractivity contribution in [3.8, 4) is 0 Å². The van der Waals surface area contributed by atoms with E-state index in [4.69, 9.17) is 11.6 Å². The Morgan fingerprint density at radius 3 is 1.89 bits per heavy atom. The molecule has 1 N–H and O–H groups in total. The van der Waals surface area contributed by atoms with E-state index in [1.165, 1.54) is 0 Å². The second-order valence-electron chi connectivity index (χ2n) is 6.38. The Hall–Kier alpha value is -2.62. The van der Waals surface area contributed by atoms with Gasteiger partial charge in [0, 0.05) is 16.0 Å². The molecule has 0 radical (unpaired) electrons. The number of nitrogens with zero attached hydrogens (tertiary/aromatic N) is 1. The Kier molecular flexibility index (Phi) is 4.97. The van der Waals surface area contributed by atoms with Crippen LogP contribution in [0.2, 0.25) is 5.02 Å². The molecule has 134 valence electrons. The molecule has 0 aliphatic heterocycles. The van der Waals surface area contributed by atoms with Crippen LogP contribution in [0.1, 0.15) is 22.4 Å². The molecule has 0 bridgehead atoms. The van der Waals surface area contributed by atoms with Crippen LogP contribution < -0.4 is 5.32 Å². The van der Waals surface area contributed by atoms with E-state index in [-0.39, 0.29) is 0 Å². The minimum absolute atomic E-state index is 0.648. The quantitative estimate of drug-likeness (QED) is 0.393. The number of nitrogens with one attached hydrogen (secondary N) is 1. The van der Waals surface area contributed by atoms with Gasteiger partial charge in [-0.25, -0.2) is 4.98 Å². The van der Waals surface area contributed by atoms with Gasteiger partial charge in [0.2, 0.25) is 0 Å². The standard InChI is InChI=1S/C23H19ClN2S/c1-17-16-27-22(25-17)26-23(18-10-4-2-5-11-18,19-12-6-3-7-13-19)20-14-8-9-15-21(20)24/h2-16H,1H3,(H,25,26). The summed E-state index contributed by atoms with van der Waals surface area (Å²) in [6.45, 7) is 2.00. The first kappa shape index (κ1) is 17.8. The molecular weight excluding hydrogens is 372 g/mol. The van der Waals surface area contributed by atoms with Crippen molar-refractivity contribution < 1.29 is 0 Å². The van der Waals surface area contributed by atoms with Gasteiger partial charge in [-0.1, -0.05) is 90.5 Å². The van der Waals surface area contributed by atoms with E-state index in [1.54, 1.807) is 11.3 Å². The minimum atomic E-state index is -0.648. The summed E-state index contributed by atoms with van der Waals surface area (Å²) in [5, 5.41) is 7.35. The van der Waals surface area contributed by atoms with Gasteiger partial charge in [-0.15, -0.1) is 11.3 Å². The second-order valence-corrected chi connectivity index (χ2v) is 7.65. The Morgan fingerprint density at radius 1 is 0.815 bits per heavy atom. The molecule has 1 heterocycles. The molecule has 0 amide bonds. The summed E-state index contributed by atoms with van der Waals surface area (Å²) in [5.74, 6) is 0. The van der Waals surface area contributed by atoms with Crippen molar-refractivity contribution in [2.45, 2.75) is 12.5 Å². The monoisotopic (exact) mass is 390 g/mol. The van der Waals surface area contributed by atoms with Crippen molar-refractivity contribution in [3.05, 3.63) is 118 Å². The van der Waals surface area contributed by atoms with Crippen molar-refractivity contribution in [3.63, 3.8) is 0 Å². The molecule has 0 aliphatic carbocycles. The van der Waals surface area contributed by atoms with Crippen LogP contribution in [0.4, 0.5) is 5.13 Å². The maximum absolute atomic E-state index is 6.72. The van der Waals surface area contributed by atoms with Gasteiger partial charge >= 0.3 is 0 Å². The molecule has 0 fully saturated rings. The van der Waals surface area contributed by atoms with Gasteiger partial charge < -0.3 is 5.32 Å². The lowest BCUT2D eigenvalue weighted by molar-refractivity contribution is 0.710. The molecule has 0 atom stereocenters. The summed E-state index contributed by atoms with van der Waals surface area (Å²) in [7, 11) is 0.